The zero-order valence-corrected chi connectivity index (χ0v) is 13.3. The van der Waals surface area contributed by atoms with Gasteiger partial charge in [0.2, 0.25) is 11.8 Å². The van der Waals surface area contributed by atoms with Crippen molar-refractivity contribution in [1.29, 1.82) is 0 Å². The van der Waals surface area contributed by atoms with Gasteiger partial charge in [-0.2, -0.15) is 0 Å². The third-order valence-electron chi connectivity index (χ3n) is 3.80. The molecule has 0 aliphatic carbocycles. The molecule has 2 N–H and O–H groups in total. The van der Waals surface area contributed by atoms with Crippen LogP contribution in [0.5, 0.6) is 0 Å². The maximum Gasteiger partial charge on any atom is 0.247 e. The Hall–Kier alpha value is -2.53. The van der Waals surface area contributed by atoms with Crippen LogP contribution < -0.4 is 15.5 Å². The summed E-state index contributed by atoms with van der Waals surface area (Å²) in [6.07, 6.45) is 0.0587. The summed E-state index contributed by atoms with van der Waals surface area (Å²) in [6.45, 7) is 0. The van der Waals surface area contributed by atoms with Gasteiger partial charge in [-0.3, -0.25) is 9.59 Å². The van der Waals surface area contributed by atoms with Crippen molar-refractivity contribution in [2.24, 2.45) is 0 Å². The average Bonchev–Trinajstić information content (AvgIpc) is 2.51. The molecule has 1 unspecified atom stereocenters. The Morgan fingerprint density at radius 1 is 1.26 bits per heavy atom. The SMILES string of the molecule is CN1c2ccccc2NC(=O)C1CC(=O)Nc1cccc(Cl)c1. The number of para-hydroxylation sites is 2. The third-order valence-corrected chi connectivity index (χ3v) is 4.03. The summed E-state index contributed by atoms with van der Waals surface area (Å²) >= 11 is 5.90. The Balaban J connectivity index is 1.72. The molecule has 0 spiro atoms. The number of hydrogen-bond donors (Lipinski definition) is 2. The van der Waals surface area contributed by atoms with Gasteiger partial charge in [0, 0.05) is 17.8 Å². The van der Waals surface area contributed by atoms with Gasteiger partial charge < -0.3 is 15.5 Å². The van der Waals surface area contributed by atoms with Crippen molar-refractivity contribution in [3.63, 3.8) is 0 Å². The van der Waals surface area contributed by atoms with Crippen LogP contribution in [0.1, 0.15) is 6.42 Å². The van der Waals surface area contributed by atoms with Gasteiger partial charge in [0.25, 0.3) is 0 Å². The van der Waals surface area contributed by atoms with E-state index < -0.39 is 6.04 Å². The van der Waals surface area contributed by atoms with Crippen molar-refractivity contribution in [3.8, 4) is 0 Å². The summed E-state index contributed by atoms with van der Waals surface area (Å²) in [5, 5.41) is 6.15. The number of carbonyl (C=O) groups excluding carboxylic acids is 2. The van der Waals surface area contributed by atoms with Gasteiger partial charge in [-0.1, -0.05) is 29.8 Å². The van der Waals surface area contributed by atoms with Crippen LogP contribution in [0.25, 0.3) is 0 Å². The Labute approximate surface area is 139 Å². The lowest BCUT2D eigenvalue weighted by molar-refractivity contribution is -0.122. The summed E-state index contributed by atoms with van der Waals surface area (Å²) in [7, 11) is 1.81. The zero-order chi connectivity index (χ0) is 16.4. The topological polar surface area (TPSA) is 61.4 Å². The molecule has 1 aliphatic rings. The Morgan fingerprint density at radius 2 is 2.04 bits per heavy atom. The molecular formula is C17H16ClN3O2. The van der Waals surface area contributed by atoms with Gasteiger partial charge in [0.15, 0.2) is 0 Å². The number of nitrogens with one attached hydrogen (secondary N) is 2. The minimum atomic E-state index is -0.552. The van der Waals surface area contributed by atoms with Crippen LogP contribution >= 0.6 is 11.6 Å². The van der Waals surface area contributed by atoms with Crippen LogP contribution in [-0.2, 0) is 9.59 Å². The fraction of sp³-hybridized carbons (Fsp3) is 0.176. The van der Waals surface area contributed by atoms with Crippen LogP contribution in [0.4, 0.5) is 17.1 Å². The second kappa shape index (κ2) is 6.30. The van der Waals surface area contributed by atoms with Crippen molar-refractivity contribution in [3.05, 3.63) is 53.6 Å². The van der Waals surface area contributed by atoms with E-state index in [9.17, 15) is 9.59 Å². The van der Waals surface area contributed by atoms with E-state index in [1.807, 2.05) is 36.2 Å². The molecule has 0 bridgehead atoms. The van der Waals surface area contributed by atoms with E-state index in [1.54, 1.807) is 24.3 Å². The quantitative estimate of drug-likeness (QED) is 0.909. The normalized spacial score (nSPS) is 16.5. The smallest absolute Gasteiger partial charge is 0.247 e. The third kappa shape index (κ3) is 3.29. The fourth-order valence-electron chi connectivity index (χ4n) is 2.63. The van der Waals surface area contributed by atoms with Gasteiger partial charge in [0.1, 0.15) is 6.04 Å². The maximum absolute atomic E-state index is 12.3. The molecule has 1 atom stereocenters. The van der Waals surface area contributed by atoms with Crippen LogP contribution in [0.2, 0.25) is 5.02 Å². The van der Waals surface area contributed by atoms with Crippen LogP contribution in [-0.4, -0.2) is 24.9 Å². The molecule has 6 heteroatoms. The first-order chi connectivity index (χ1) is 11.0. The molecule has 2 aromatic rings. The number of amides is 2. The summed E-state index contributed by atoms with van der Waals surface area (Å²) in [5.41, 5.74) is 2.26. The maximum atomic E-state index is 12.3. The highest BCUT2D eigenvalue weighted by molar-refractivity contribution is 6.30. The largest absolute Gasteiger partial charge is 0.361 e. The average molecular weight is 330 g/mol. The monoisotopic (exact) mass is 329 g/mol. The molecular weight excluding hydrogens is 314 g/mol. The molecule has 1 heterocycles. The van der Waals surface area contributed by atoms with Crippen molar-refractivity contribution in [1.82, 2.24) is 0 Å². The van der Waals surface area contributed by atoms with Gasteiger partial charge >= 0.3 is 0 Å². The van der Waals surface area contributed by atoms with Crippen LogP contribution in [0, 0.1) is 0 Å². The highest BCUT2D eigenvalue weighted by Gasteiger charge is 2.32. The Kier molecular flexibility index (Phi) is 4.21. The van der Waals surface area contributed by atoms with Gasteiger partial charge in [-0.25, -0.2) is 0 Å². The fourth-order valence-corrected chi connectivity index (χ4v) is 2.82. The predicted octanol–water partition coefficient (Wildman–Crippen LogP) is 3.13. The van der Waals surface area contributed by atoms with E-state index in [-0.39, 0.29) is 18.2 Å². The van der Waals surface area contributed by atoms with E-state index in [2.05, 4.69) is 10.6 Å². The second-order valence-electron chi connectivity index (χ2n) is 5.40. The van der Waals surface area contributed by atoms with Crippen molar-refractivity contribution in [2.45, 2.75) is 12.5 Å². The van der Waals surface area contributed by atoms with Crippen molar-refractivity contribution < 1.29 is 9.59 Å². The standard InChI is InChI=1S/C17H16ClN3O2/c1-21-14-8-3-2-7-13(14)20-17(23)15(21)10-16(22)19-12-6-4-5-11(18)9-12/h2-9,15H,10H2,1H3,(H,19,22)(H,20,23). The first-order valence-electron chi connectivity index (χ1n) is 7.23. The highest BCUT2D eigenvalue weighted by atomic mass is 35.5. The van der Waals surface area contributed by atoms with Crippen molar-refractivity contribution >= 4 is 40.5 Å². The molecule has 23 heavy (non-hydrogen) atoms. The van der Waals surface area contributed by atoms with E-state index in [0.29, 0.717) is 10.7 Å². The summed E-state index contributed by atoms with van der Waals surface area (Å²) in [4.78, 5) is 26.3. The van der Waals surface area contributed by atoms with Crippen LogP contribution in [0.3, 0.4) is 0 Å². The number of rotatable bonds is 3. The predicted molar refractivity (Wildman–Crippen MR) is 92.0 cm³/mol. The summed E-state index contributed by atoms with van der Waals surface area (Å²) in [5.74, 6) is -0.425. The molecule has 2 amide bonds. The molecule has 0 saturated carbocycles. The molecule has 0 saturated heterocycles. The number of halogens is 1. The number of carbonyl (C=O) groups is 2. The first kappa shape index (κ1) is 15.4. The van der Waals surface area contributed by atoms with Gasteiger partial charge in [-0.05, 0) is 30.3 Å². The van der Waals surface area contributed by atoms with E-state index in [0.717, 1.165) is 11.4 Å². The number of hydrogen-bond acceptors (Lipinski definition) is 3. The first-order valence-corrected chi connectivity index (χ1v) is 7.60. The van der Waals surface area contributed by atoms with E-state index >= 15 is 0 Å². The summed E-state index contributed by atoms with van der Waals surface area (Å²) in [6, 6.07) is 13.9. The molecule has 3 rings (SSSR count). The van der Waals surface area contributed by atoms with E-state index in [4.69, 9.17) is 11.6 Å². The number of likely N-dealkylation sites (N-methyl/N-ethyl adjacent to an activating group) is 1. The molecule has 0 fully saturated rings. The lowest BCUT2D eigenvalue weighted by Crippen LogP contribution is -2.47. The lowest BCUT2D eigenvalue weighted by atomic mass is 10.1. The zero-order valence-electron chi connectivity index (χ0n) is 12.5. The minimum absolute atomic E-state index is 0.0587. The van der Waals surface area contributed by atoms with Crippen molar-refractivity contribution in [2.75, 3.05) is 22.6 Å². The highest BCUT2D eigenvalue weighted by Crippen LogP contribution is 2.31. The second-order valence-corrected chi connectivity index (χ2v) is 5.83. The molecule has 1 aliphatic heterocycles. The number of fused-ring (bicyclic) bond motifs is 1. The van der Waals surface area contributed by atoms with Crippen LogP contribution in [0.15, 0.2) is 48.5 Å². The summed E-state index contributed by atoms with van der Waals surface area (Å²) < 4.78 is 0. The lowest BCUT2D eigenvalue weighted by Gasteiger charge is -2.34. The molecule has 118 valence electrons. The Bertz CT molecular complexity index is 763. The Morgan fingerprint density at radius 3 is 2.83 bits per heavy atom. The molecule has 5 nitrogen and oxygen atoms in total. The number of benzene rings is 2. The number of nitrogens with zero attached hydrogens (tertiary/aromatic N) is 1. The molecule has 0 radical (unpaired) electrons. The minimum Gasteiger partial charge on any atom is -0.361 e. The van der Waals surface area contributed by atoms with Gasteiger partial charge in [-0.15, -0.1) is 0 Å². The molecule has 0 aromatic heterocycles. The molecule has 2 aromatic carbocycles. The van der Waals surface area contributed by atoms with Gasteiger partial charge in [0.05, 0.1) is 17.8 Å². The van der Waals surface area contributed by atoms with E-state index in [1.165, 1.54) is 0 Å². The number of anilines is 3.